The summed E-state index contributed by atoms with van der Waals surface area (Å²) in [5.41, 5.74) is 1.84. The topological polar surface area (TPSA) is 75.7 Å². The van der Waals surface area contributed by atoms with Gasteiger partial charge in [0.2, 0.25) is 10.0 Å². The Kier molecular flexibility index (Phi) is 6.89. The maximum atomic E-state index is 12.3. The van der Waals surface area contributed by atoms with Gasteiger partial charge in [-0.05, 0) is 49.4 Å². The summed E-state index contributed by atoms with van der Waals surface area (Å²) in [7, 11) is -3.78. The number of hydrogen-bond acceptors (Lipinski definition) is 5. The van der Waals surface area contributed by atoms with Gasteiger partial charge in [-0.15, -0.1) is 0 Å². The third-order valence-electron chi connectivity index (χ3n) is 6.52. The molecule has 2 aliphatic rings. The number of nitrogens with zero attached hydrogens (tertiary/aromatic N) is 1. The smallest absolute Gasteiger partial charge is 0.323 e. The first kappa shape index (κ1) is 22.1. The molecular weight excluding hydrogens is 388 g/mol. The zero-order valence-electron chi connectivity index (χ0n) is 17.8. The van der Waals surface area contributed by atoms with Gasteiger partial charge in [0.05, 0.1) is 6.61 Å². The molecule has 2 fully saturated rings. The van der Waals surface area contributed by atoms with Gasteiger partial charge in [-0.25, -0.2) is 8.42 Å². The molecule has 1 saturated heterocycles. The largest absolute Gasteiger partial charge is 0.465 e. The predicted octanol–water partition coefficient (Wildman–Crippen LogP) is 3.39. The van der Waals surface area contributed by atoms with Crippen LogP contribution in [-0.2, 0) is 25.0 Å². The standard InChI is InChI=1S/C22H34N2O4S/c1-4-6-7-8-12-24-14-20-17(3)22(20,16-24)18-10-9-11-19(13-18)23-29(26,27)15-21(25)28-5-2/h9-11,13,17,20,23H,4-8,12,14-16H2,1-3H3. The van der Waals surface area contributed by atoms with E-state index in [4.69, 9.17) is 4.74 Å². The summed E-state index contributed by atoms with van der Waals surface area (Å²) in [4.78, 5) is 14.1. The average molecular weight is 423 g/mol. The minimum Gasteiger partial charge on any atom is -0.465 e. The van der Waals surface area contributed by atoms with Gasteiger partial charge < -0.3 is 9.64 Å². The van der Waals surface area contributed by atoms with Crippen LogP contribution in [0.5, 0.6) is 0 Å². The molecule has 0 aromatic heterocycles. The Balaban J connectivity index is 1.65. The van der Waals surface area contributed by atoms with Crippen molar-refractivity contribution in [2.75, 3.05) is 36.7 Å². The molecule has 0 radical (unpaired) electrons. The van der Waals surface area contributed by atoms with E-state index in [1.165, 1.54) is 31.2 Å². The number of piperidine rings is 1. The molecule has 3 rings (SSSR count). The summed E-state index contributed by atoms with van der Waals surface area (Å²) in [5, 5.41) is 0. The quantitative estimate of drug-likeness (QED) is 0.437. The molecule has 1 N–H and O–H groups in total. The highest BCUT2D eigenvalue weighted by Crippen LogP contribution is 2.64. The number of hydrogen-bond donors (Lipinski definition) is 1. The molecule has 1 aromatic carbocycles. The van der Waals surface area contributed by atoms with Crippen molar-refractivity contribution in [3.05, 3.63) is 29.8 Å². The Morgan fingerprint density at radius 1 is 1.28 bits per heavy atom. The van der Waals surface area contributed by atoms with E-state index in [9.17, 15) is 13.2 Å². The lowest BCUT2D eigenvalue weighted by atomic mass is 9.92. The Hall–Kier alpha value is -1.60. The van der Waals surface area contributed by atoms with Crippen LogP contribution in [0, 0.1) is 11.8 Å². The summed E-state index contributed by atoms with van der Waals surface area (Å²) >= 11 is 0. The SMILES string of the molecule is CCCCCCN1CC2C(C)C2(c2cccc(NS(=O)(=O)CC(=O)OCC)c2)C1. The van der Waals surface area contributed by atoms with Crippen LogP contribution in [0.2, 0.25) is 0 Å². The number of fused-ring (bicyclic) bond motifs is 1. The maximum absolute atomic E-state index is 12.3. The molecule has 162 valence electrons. The van der Waals surface area contributed by atoms with Crippen LogP contribution in [0.3, 0.4) is 0 Å². The third-order valence-corrected chi connectivity index (χ3v) is 7.69. The summed E-state index contributed by atoms with van der Waals surface area (Å²) in [6.07, 6.45) is 5.09. The van der Waals surface area contributed by atoms with Crippen LogP contribution in [0.4, 0.5) is 5.69 Å². The van der Waals surface area contributed by atoms with Crippen LogP contribution in [0.15, 0.2) is 24.3 Å². The number of carbonyl (C=O) groups is 1. The Labute approximate surface area is 175 Å². The summed E-state index contributed by atoms with van der Waals surface area (Å²) in [6, 6.07) is 7.70. The minimum absolute atomic E-state index is 0.132. The number of ether oxygens (including phenoxy) is 1. The second kappa shape index (κ2) is 9.04. The van der Waals surface area contributed by atoms with Gasteiger partial charge in [-0.1, -0.05) is 45.2 Å². The molecule has 1 heterocycles. The van der Waals surface area contributed by atoms with E-state index in [-0.39, 0.29) is 12.0 Å². The lowest BCUT2D eigenvalue weighted by Crippen LogP contribution is -2.29. The van der Waals surface area contributed by atoms with Crippen molar-refractivity contribution in [3.8, 4) is 0 Å². The summed E-state index contributed by atoms with van der Waals surface area (Å²) < 4.78 is 31.8. The Morgan fingerprint density at radius 2 is 2.07 bits per heavy atom. The molecule has 1 aliphatic carbocycles. The molecule has 1 aliphatic heterocycles. The van der Waals surface area contributed by atoms with Crippen LogP contribution >= 0.6 is 0 Å². The van der Waals surface area contributed by atoms with E-state index in [0.29, 0.717) is 17.5 Å². The number of unbranched alkanes of at least 4 members (excludes halogenated alkanes) is 3. The Morgan fingerprint density at radius 3 is 2.79 bits per heavy atom. The summed E-state index contributed by atoms with van der Waals surface area (Å²) in [6.45, 7) is 9.68. The molecular formula is C22H34N2O4S. The molecule has 0 amide bonds. The second-order valence-corrected chi connectivity index (χ2v) is 10.2. The highest BCUT2D eigenvalue weighted by atomic mass is 32.2. The lowest BCUT2D eigenvalue weighted by molar-refractivity contribution is -0.139. The third kappa shape index (κ3) is 4.94. The van der Waals surface area contributed by atoms with Crippen molar-refractivity contribution < 1.29 is 17.9 Å². The molecule has 1 aromatic rings. The van der Waals surface area contributed by atoms with Crippen LogP contribution in [-0.4, -0.2) is 51.3 Å². The number of anilines is 1. The van der Waals surface area contributed by atoms with Gasteiger partial charge in [0.25, 0.3) is 0 Å². The predicted molar refractivity (Wildman–Crippen MR) is 115 cm³/mol. The fourth-order valence-electron chi connectivity index (χ4n) is 4.97. The molecule has 3 unspecified atom stereocenters. The normalized spacial score (nSPS) is 26.2. The van der Waals surface area contributed by atoms with Crippen molar-refractivity contribution in [1.82, 2.24) is 4.90 Å². The molecule has 3 atom stereocenters. The van der Waals surface area contributed by atoms with Crippen molar-refractivity contribution in [1.29, 1.82) is 0 Å². The number of benzene rings is 1. The van der Waals surface area contributed by atoms with Gasteiger partial charge >= 0.3 is 5.97 Å². The van der Waals surface area contributed by atoms with Crippen molar-refractivity contribution in [3.63, 3.8) is 0 Å². The highest BCUT2D eigenvalue weighted by Gasteiger charge is 2.66. The zero-order chi connectivity index (χ0) is 21.1. The van der Waals surface area contributed by atoms with E-state index in [2.05, 4.69) is 29.5 Å². The number of sulfonamides is 1. The van der Waals surface area contributed by atoms with Crippen LogP contribution in [0.25, 0.3) is 0 Å². The highest BCUT2D eigenvalue weighted by molar-refractivity contribution is 7.93. The van der Waals surface area contributed by atoms with Crippen molar-refractivity contribution in [2.45, 2.75) is 51.9 Å². The first-order chi connectivity index (χ1) is 13.8. The monoisotopic (exact) mass is 422 g/mol. The van der Waals surface area contributed by atoms with Crippen molar-refractivity contribution in [2.24, 2.45) is 11.8 Å². The number of esters is 1. The van der Waals surface area contributed by atoms with Gasteiger partial charge in [-0.2, -0.15) is 0 Å². The zero-order valence-corrected chi connectivity index (χ0v) is 18.6. The Bertz CT molecular complexity index is 826. The number of carbonyl (C=O) groups excluding carboxylic acids is 1. The summed E-state index contributed by atoms with van der Waals surface area (Å²) in [5.74, 6) is -0.151. The molecule has 0 bridgehead atoms. The van der Waals surface area contributed by atoms with Crippen LogP contribution in [0.1, 0.15) is 52.0 Å². The minimum atomic E-state index is -3.78. The van der Waals surface area contributed by atoms with E-state index in [1.54, 1.807) is 13.0 Å². The average Bonchev–Trinajstić information content (AvgIpc) is 3.02. The first-order valence-corrected chi connectivity index (χ1v) is 12.5. The second-order valence-electron chi connectivity index (χ2n) is 8.48. The van der Waals surface area contributed by atoms with Gasteiger partial charge in [-0.3, -0.25) is 9.52 Å². The maximum Gasteiger partial charge on any atom is 0.323 e. The fraction of sp³-hybridized carbons (Fsp3) is 0.682. The van der Waals surface area contributed by atoms with Gasteiger partial charge in [0.15, 0.2) is 5.75 Å². The number of rotatable bonds is 11. The molecule has 29 heavy (non-hydrogen) atoms. The number of likely N-dealkylation sites (tertiary alicyclic amines) is 1. The van der Waals surface area contributed by atoms with Gasteiger partial charge in [0, 0.05) is 24.2 Å². The molecule has 1 saturated carbocycles. The first-order valence-electron chi connectivity index (χ1n) is 10.8. The molecule has 6 nitrogen and oxygen atoms in total. The van der Waals surface area contributed by atoms with E-state index >= 15 is 0 Å². The number of nitrogens with one attached hydrogen (secondary N) is 1. The molecule has 0 spiro atoms. The van der Waals surface area contributed by atoms with Gasteiger partial charge in [0.1, 0.15) is 0 Å². The van der Waals surface area contributed by atoms with E-state index < -0.39 is 21.7 Å². The molecule has 7 heteroatoms. The van der Waals surface area contributed by atoms with E-state index in [1.807, 2.05) is 12.1 Å². The van der Waals surface area contributed by atoms with Crippen LogP contribution < -0.4 is 4.72 Å². The van der Waals surface area contributed by atoms with Crippen molar-refractivity contribution >= 4 is 21.7 Å². The lowest BCUT2D eigenvalue weighted by Gasteiger charge is -2.23. The van der Waals surface area contributed by atoms with E-state index in [0.717, 1.165) is 19.6 Å². The fourth-order valence-corrected chi connectivity index (χ4v) is 5.92.